The highest BCUT2D eigenvalue weighted by molar-refractivity contribution is 7.89. The molecule has 0 aliphatic carbocycles. The van der Waals surface area contributed by atoms with Crippen molar-refractivity contribution < 1.29 is 12.8 Å². The number of nitrogens with one attached hydrogen (secondary N) is 1. The van der Waals surface area contributed by atoms with Gasteiger partial charge in [0.15, 0.2) is 0 Å². The molecule has 6 heteroatoms. The Kier molecular flexibility index (Phi) is 4.70. The standard InChI is InChI=1S/C12H19FN2O2S/c1-4-5-9(3)15-18(16,17)11-7-10(14)6-8(2)12(11)13/h6-7,9,15H,4-5,14H2,1-3H3. The largest absolute Gasteiger partial charge is 0.399 e. The number of anilines is 1. The molecule has 0 aliphatic heterocycles. The molecule has 1 atom stereocenters. The van der Waals surface area contributed by atoms with Crippen molar-refractivity contribution in [2.45, 2.75) is 44.6 Å². The second kappa shape index (κ2) is 5.67. The van der Waals surface area contributed by atoms with Crippen LogP contribution in [0.3, 0.4) is 0 Å². The average molecular weight is 274 g/mol. The van der Waals surface area contributed by atoms with Crippen molar-refractivity contribution in [2.75, 3.05) is 5.73 Å². The van der Waals surface area contributed by atoms with Crippen molar-refractivity contribution in [2.24, 2.45) is 0 Å². The summed E-state index contributed by atoms with van der Waals surface area (Å²) in [6, 6.07) is 2.31. The Morgan fingerprint density at radius 2 is 2.06 bits per heavy atom. The average Bonchev–Trinajstić information content (AvgIpc) is 2.22. The van der Waals surface area contributed by atoms with Gasteiger partial charge in [0.05, 0.1) is 0 Å². The van der Waals surface area contributed by atoms with Gasteiger partial charge in [0.1, 0.15) is 10.7 Å². The molecule has 18 heavy (non-hydrogen) atoms. The van der Waals surface area contributed by atoms with Crippen LogP contribution < -0.4 is 10.5 Å². The lowest BCUT2D eigenvalue weighted by Gasteiger charge is -2.14. The molecule has 1 aromatic carbocycles. The fraction of sp³-hybridized carbons (Fsp3) is 0.500. The fourth-order valence-corrected chi connectivity index (χ4v) is 3.24. The molecule has 0 saturated carbocycles. The topological polar surface area (TPSA) is 72.2 Å². The Bertz CT molecular complexity index is 529. The highest BCUT2D eigenvalue weighted by Crippen LogP contribution is 2.21. The van der Waals surface area contributed by atoms with E-state index in [1.807, 2.05) is 6.92 Å². The molecule has 0 aliphatic rings. The van der Waals surface area contributed by atoms with Crippen molar-refractivity contribution >= 4 is 15.7 Å². The zero-order valence-corrected chi connectivity index (χ0v) is 11.6. The summed E-state index contributed by atoms with van der Waals surface area (Å²) in [6.07, 6.45) is 1.55. The SMILES string of the molecule is CCCC(C)NS(=O)(=O)c1cc(N)cc(C)c1F. The van der Waals surface area contributed by atoms with Crippen LogP contribution in [0.4, 0.5) is 10.1 Å². The van der Waals surface area contributed by atoms with E-state index in [2.05, 4.69) is 4.72 Å². The third kappa shape index (κ3) is 3.43. The van der Waals surface area contributed by atoms with E-state index in [0.29, 0.717) is 6.42 Å². The summed E-state index contributed by atoms with van der Waals surface area (Å²) in [6.45, 7) is 5.19. The van der Waals surface area contributed by atoms with Crippen LogP contribution >= 0.6 is 0 Å². The molecule has 0 amide bonds. The molecular formula is C12H19FN2O2S. The Labute approximate surface area is 107 Å². The van der Waals surface area contributed by atoms with Crippen LogP contribution in [0.1, 0.15) is 32.3 Å². The van der Waals surface area contributed by atoms with Gasteiger partial charge in [0, 0.05) is 11.7 Å². The highest BCUT2D eigenvalue weighted by Gasteiger charge is 2.22. The van der Waals surface area contributed by atoms with Gasteiger partial charge in [-0.05, 0) is 38.0 Å². The van der Waals surface area contributed by atoms with Gasteiger partial charge >= 0.3 is 0 Å². The third-order valence-electron chi connectivity index (χ3n) is 2.61. The van der Waals surface area contributed by atoms with Gasteiger partial charge in [-0.1, -0.05) is 13.3 Å². The van der Waals surface area contributed by atoms with E-state index in [0.717, 1.165) is 12.5 Å². The minimum Gasteiger partial charge on any atom is -0.399 e. The van der Waals surface area contributed by atoms with E-state index in [9.17, 15) is 12.8 Å². The van der Waals surface area contributed by atoms with E-state index in [-0.39, 0.29) is 22.2 Å². The van der Waals surface area contributed by atoms with Gasteiger partial charge < -0.3 is 5.73 Å². The Hall–Kier alpha value is -1.14. The summed E-state index contributed by atoms with van der Waals surface area (Å²) in [4.78, 5) is -0.386. The first-order chi connectivity index (χ1) is 8.27. The van der Waals surface area contributed by atoms with Crippen molar-refractivity contribution in [3.05, 3.63) is 23.5 Å². The number of nitrogen functional groups attached to an aromatic ring is 1. The summed E-state index contributed by atoms with van der Waals surface area (Å²) in [7, 11) is -3.86. The van der Waals surface area contributed by atoms with Crippen molar-refractivity contribution in [1.82, 2.24) is 4.72 Å². The van der Waals surface area contributed by atoms with Crippen LogP contribution in [-0.2, 0) is 10.0 Å². The number of halogens is 1. The molecule has 0 spiro atoms. The quantitative estimate of drug-likeness (QED) is 0.808. The molecule has 102 valence electrons. The first-order valence-corrected chi connectivity index (χ1v) is 7.34. The smallest absolute Gasteiger partial charge is 0.243 e. The molecule has 0 radical (unpaired) electrons. The molecule has 0 saturated heterocycles. The van der Waals surface area contributed by atoms with Crippen molar-refractivity contribution in [1.29, 1.82) is 0 Å². The van der Waals surface area contributed by atoms with Gasteiger partial charge in [-0.15, -0.1) is 0 Å². The van der Waals surface area contributed by atoms with Crippen molar-refractivity contribution in [3.63, 3.8) is 0 Å². The van der Waals surface area contributed by atoms with E-state index >= 15 is 0 Å². The van der Waals surface area contributed by atoms with Crippen molar-refractivity contribution in [3.8, 4) is 0 Å². The van der Waals surface area contributed by atoms with Crippen LogP contribution in [0.25, 0.3) is 0 Å². The van der Waals surface area contributed by atoms with E-state index in [4.69, 9.17) is 5.73 Å². The first kappa shape index (κ1) is 14.9. The van der Waals surface area contributed by atoms with Crippen LogP contribution in [0, 0.1) is 12.7 Å². The predicted octanol–water partition coefficient (Wildman–Crippen LogP) is 2.18. The summed E-state index contributed by atoms with van der Waals surface area (Å²) in [5.74, 6) is -0.750. The fourth-order valence-electron chi connectivity index (χ4n) is 1.78. The maximum atomic E-state index is 13.8. The van der Waals surface area contributed by atoms with Crippen LogP contribution in [0.15, 0.2) is 17.0 Å². The monoisotopic (exact) mass is 274 g/mol. The van der Waals surface area contributed by atoms with Gasteiger partial charge in [-0.25, -0.2) is 17.5 Å². The molecule has 0 heterocycles. The van der Waals surface area contributed by atoms with E-state index < -0.39 is 15.8 Å². The number of sulfonamides is 1. The number of hydrogen-bond acceptors (Lipinski definition) is 3. The van der Waals surface area contributed by atoms with Crippen LogP contribution in [0.2, 0.25) is 0 Å². The first-order valence-electron chi connectivity index (χ1n) is 5.86. The second-order valence-corrected chi connectivity index (χ2v) is 6.14. The zero-order chi connectivity index (χ0) is 13.9. The molecule has 0 bridgehead atoms. The van der Waals surface area contributed by atoms with Gasteiger partial charge in [0.2, 0.25) is 10.0 Å². The molecule has 1 rings (SSSR count). The Morgan fingerprint density at radius 3 is 2.61 bits per heavy atom. The zero-order valence-electron chi connectivity index (χ0n) is 10.8. The van der Waals surface area contributed by atoms with E-state index in [1.54, 1.807) is 6.92 Å². The number of hydrogen-bond donors (Lipinski definition) is 2. The van der Waals surface area contributed by atoms with E-state index in [1.165, 1.54) is 13.0 Å². The lowest BCUT2D eigenvalue weighted by Crippen LogP contribution is -2.33. The maximum Gasteiger partial charge on any atom is 0.243 e. The minimum absolute atomic E-state index is 0.221. The normalized spacial score (nSPS) is 13.6. The lowest BCUT2D eigenvalue weighted by atomic mass is 10.2. The third-order valence-corrected chi connectivity index (χ3v) is 4.20. The summed E-state index contributed by atoms with van der Waals surface area (Å²) >= 11 is 0. The summed E-state index contributed by atoms with van der Waals surface area (Å²) in [5.41, 5.74) is 6.01. The molecule has 0 aromatic heterocycles. The Balaban J connectivity index is 3.13. The molecule has 3 N–H and O–H groups in total. The molecule has 4 nitrogen and oxygen atoms in total. The summed E-state index contributed by atoms with van der Waals surface area (Å²) in [5, 5.41) is 0. The summed E-state index contributed by atoms with van der Waals surface area (Å²) < 4.78 is 40.4. The van der Waals surface area contributed by atoms with Gasteiger partial charge in [-0.3, -0.25) is 0 Å². The number of rotatable bonds is 5. The predicted molar refractivity (Wildman–Crippen MR) is 70.2 cm³/mol. The van der Waals surface area contributed by atoms with Gasteiger partial charge in [-0.2, -0.15) is 0 Å². The number of aryl methyl sites for hydroxylation is 1. The number of nitrogens with two attached hydrogens (primary N) is 1. The highest BCUT2D eigenvalue weighted by atomic mass is 32.2. The molecule has 0 fully saturated rings. The molecule has 1 unspecified atom stereocenters. The van der Waals surface area contributed by atoms with Crippen LogP contribution in [-0.4, -0.2) is 14.5 Å². The number of benzene rings is 1. The lowest BCUT2D eigenvalue weighted by molar-refractivity contribution is 0.529. The molecule has 1 aromatic rings. The molecular weight excluding hydrogens is 255 g/mol. The maximum absolute atomic E-state index is 13.8. The Morgan fingerprint density at radius 1 is 1.44 bits per heavy atom. The van der Waals surface area contributed by atoms with Crippen LogP contribution in [0.5, 0.6) is 0 Å². The minimum atomic E-state index is -3.86. The second-order valence-electron chi connectivity index (χ2n) is 4.46. The van der Waals surface area contributed by atoms with Gasteiger partial charge in [0.25, 0.3) is 0 Å².